The molecule has 6 heteroatoms. The molecule has 0 bridgehead atoms. The smallest absolute Gasteiger partial charge is 0.256 e. The second kappa shape index (κ2) is 6.85. The number of nitrogens with zero attached hydrogens (tertiary/aromatic N) is 1. The summed E-state index contributed by atoms with van der Waals surface area (Å²) in [4.78, 5) is 14.8. The number of hydrogen-bond donors (Lipinski definition) is 1. The zero-order chi connectivity index (χ0) is 20.1. The van der Waals surface area contributed by atoms with Crippen LogP contribution in [0.3, 0.4) is 0 Å². The van der Waals surface area contributed by atoms with Gasteiger partial charge in [0.25, 0.3) is 5.91 Å². The Morgan fingerprint density at radius 3 is 2.79 bits per heavy atom. The maximum atomic E-state index is 13.7. The highest BCUT2D eigenvalue weighted by molar-refractivity contribution is 5.84. The van der Waals surface area contributed by atoms with Crippen molar-refractivity contribution in [2.45, 2.75) is 44.2 Å². The first-order valence-electron chi connectivity index (χ1n) is 9.50. The van der Waals surface area contributed by atoms with E-state index in [0.29, 0.717) is 36.4 Å². The van der Waals surface area contributed by atoms with E-state index < -0.39 is 29.2 Å². The van der Waals surface area contributed by atoms with Crippen molar-refractivity contribution in [1.29, 1.82) is 0 Å². The van der Waals surface area contributed by atoms with Crippen LogP contribution in [-0.4, -0.2) is 34.6 Å². The highest BCUT2D eigenvalue weighted by atomic mass is 19.2. The van der Waals surface area contributed by atoms with Gasteiger partial charge in [0.1, 0.15) is 5.75 Å². The molecule has 2 aliphatic rings. The zero-order valence-corrected chi connectivity index (χ0v) is 15.9. The average Bonchev–Trinajstić information content (AvgIpc) is 3.26. The van der Waals surface area contributed by atoms with Crippen LogP contribution in [-0.2, 0) is 11.2 Å². The van der Waals surface area contributed by atoms with Gasteiger partial charge in [-0.1, -0.05) is 24.3 Å². The lowest BCUT2D eigenvalue weighted by Gasteiger charge is -2.37. The van der Waals surface area contributed by atoms with E-state index in [1.54, 1.807) is 17.0 Å². The summed E-state index contributed by atoms with van der Waals surface area (Å²) in [5.74, 6) is -1.75. The molecule has 0 spiro atoms. The van der Waals surface area contributed by atoms with Gasteiger partial charge in [-0.05, 0) is 43.5 Å². The Balaban J connectivity index is 1.60. The molecule has 1 amide bonds. The number of para-hydroxylation sites is 1. The van der Waals surface area contributed by atoms with Crippen LogP contribution < -0.4 is 4.74 Å². The molecule has 0 aromatic heterocycles. The monoisotopic (exact) mass is 387 g/mol. The van der Waals surface area contributed by atoms with Gasteiger partial charge in [0.05, 0.1) is 6.61 Å². The molecule has 1 fully saturated rings. The summed E-state index contributed by atoms with van der Waals surface area (Å²) in [6.45, 7) is 4.76. The number of hydrogen-bond acceptors (Lipinski definition) is 3. The molecule has 2 aromatic rings. The molecular formula is C22H23F2NO3. The van der Waals surface area contributed by atoms with Crippen molar-refractivity contribution in [3.63, 3.8) is 0 Å². The molecule has 2 unspecified atom stereocenters. The highest BCUT2D eigenvalue weighted by Gasteiger charge is 2.46. The molecule has 28 heavy (non-hydrogen) atoms. The number of aliphatic hydroxyl groups excluding tert-OH is 1. The fraction of sp³-hybridized carbons (Fsp3) is 0.409. The molecular weight excluding hydrogens is 364 g/mol. The van der Waals surface area contributed by atoms with E-state index in [0.717, 1.165) is 18.1 Å². The predicted octanol–water partition coefficient (Wildman–Crippen LogP) is 3.73. The number of benzene rings is 2. The van der Waals surface area contributed by atoms with Crippen LogP contribution in [0, 0.1) is 11.6 Å². The third-order valence-corrected chi connectivity index (χ3v) is 6.08. The number of fused-ring (bicyclic) bond motifs is 1. The largest absolute Gasteiger partial charge is 0.493 e. The standard InChI is InChI=1S/C22H23F2NO3/c1-22(2)16(14-6-7-17(23)18(24)12-14)8-10-25(22)21(27)19(26)15-5-3-4-13-9-11-28-20(13)15/h3-7,12,16,19,26H,8-11H2,1-2H3. The van der Waals surface area contributed by atoms with E-state index >= 15 is 0 Å². The average molecular weight is 387 g/mol. The van der Waals surface area contributed by atoms with Crippen LogP contribution in [0.25, 0.3) is 0 Å². The van der Waals surface area contributed by atoms with Crippen LogP contribution in [0.5, 0.6) is 5.75 Å². The van der Waals surface area contributed by atoms with Crippen molar-refractivity contribution in [3.8, 4) is 5.75 Å². The summed E-state index contributed by atoms with van der Waals surface area (Å²) < 4.78 is 32.6. The third-order valence-electron chi connectivity index (χ3n) is 6.08. The lowest BCUT2D eigenvalue weighted by molar-refractivity contribution is -0.144. The van der Waals surface area contributed by atoms with Gasteiger partial charge in [0.2, 0.25) is 0 Å². The van der Waals surface area contributed by atoms with Gasteiger partial charge < -0.3 is 14.7 Å². The maximum Gasteiger partial charge on any atom is 0.256 e. The minimum atomic E-state index is -1.32. The molecule has 2 aliphatic heterocycles. The lowest BCUT2D eigenvalue weighted by atomic mass is 9.82. The number of rotatable bonds is 3. The molecule has 4 nitrogen and oxygen atoms in total. The Kier molecular flexibility index (Phi) is 4.62. The first-order valence-corrected chi connectivity index (χ1v) is 9.50. The van der Waals surface area contributed by atoms with E-state index in [4.69, 9.17) is 4.74 Å². The minimum absolute atomic E-state index is 0.156. The summed E-state index contributed by atoms with van der Waals surface area (Å²) in [6.07, 6.45) is 0.0493. The number of likely N-dealkylation sites (tertiary alicyclic amines) is 1. The Hall–Kier alpha value is -2.47. The Labute approximate surface area is 162 Å². The van der Waals surface area contributed by atoms with Gasteiger partial charge >= 0.3 is 0 Å². The van der Waals surface area contributed by atoms with Crippen LogP contribution in [0.4, 0.5) is 8.78 Å². The van der Waals surface area contributed by atoms with E-state index in [1.165, 1.54) is 6.07 Å². The summed E-state index contributed by atoms with van der Waals surface area (Å²) in [6, 6.07) is 9.34. The zero-order valence-electron chi connectivity index (χ0n) is 15.9. The molecule has 4 rings (SSSR count). The fourth-order valence-corrected chi connectivity index (χ4v) is 4.52. The number of halogens is 2. The first kappa shape index (κ1) is 18.9. The quantitative estimate of drug-likeness (QED) is 0.873. The van der Waals surface area contributed by atoms with E-state index in [1.807, 2.05) is 26.0 Å². The van der Waals surface area contributed by atoms with Crippen molar-refractivity contribution >= 4 is 5.91 Å². The molecule has 1 N–H and O–H groups in total. The van der Waals surface area contributed by atoms with Crippen molar-refractivity contribution in [3.05, 3.63) is 64.7 Å². The summed E-state index contributed by atoms with van der Waals surface area (Å²) >= 11 is 0. The molecule has 0 saturated carbocycles. The summed E-state index contributed by atoms with van der Waals surface area (Å²) in [7, 11) is 0. The van der Waals surface area contributed by atoms with Gasteiger partial charge in [-0.2, -0.15) is 0 Å². The van der Waals surface area contributed by atoms with Crippen LogP contribution in [0.15, 0.2) is 36.4 Å². The van der Waals surface area contributed by atoms with Crippen molar-refractivity contribution in [1.82, 2.24) is 4.90 Å². The molecule has 0 aliphatic carbocycles. The molecule has 2 heterocycles. The second-order valence-electron chi connectivity index (χ2n) is 7.99. The van der Waals surface area contributed by atoms with Gasteiger partial charge in [-0.15, -0.1) is 0 Å². The van der Waals surface area contributed by atoms with Crippen LogP contribution in [0.2, 0.25) is 0 Å². The highest BCUT2D eigenvalue weighted by Crippen LogP contribution is 2.44. The Morgan fingerprint density at radius 1 is 1.25 bits per heavy atom. The third kappa shape index (κ3) is 2.96. The number of aliphatic hydroxyl groups is 1. The van der Waals surface area contributed by atoms with E-state index in [-0.39, 0.29) is 5.92 Å². The topological polar surface area (TPSA) is 49.8 Å². The minimum Gasteiger partial charge on any atom is -0.493 e. The first-order chi connectivity index (χ1) is 13.3. The van der Waals surface area contributed by atoms with Gasteiger partial charge in [0.15, 0.2) is 17.7 Å². The molecule has 2 aromatic carbocycles. The van der Waals surface area contributed by atoms with Gasteiger partial charge in [-0.25, -0.2) is 8.78 Å². The normalized spacial score (nSPS) is 21.3. The Bertz CT molecular complexity index is 928. The van der Waals surface area contributed by atoms with E-state index in [2.05, 4.69) is 0 Å². The molecule has 1 saturated heterocycles. The van der Waals surface area contributed by atoms with Crippen molar-refractivity contribution in [2.75, 3.05) is 13.2 Å². The summed E-state index contributed by atoms with van der Waals surface area (Å²) in [5, 5.41) is 10.8. The fourth-order valence-electron chi connectivity index (χ4n) is 4.52. The van der Waals surface area contributed by atoms with Crippen molar-refractivity contribution in [2.24, 2.45) is 0 Å². The number of carbonyl (C=O) groups is 1. The lowest BCUT2D eigenvalue weighted by Crippen LogP contribution is -2.47. The van der Waals surface area contributed by atoms with Crippen LogP contribution >= 0.6 is 0 Å². The molecule has 0 radical (unpaired) electrons. The van der Waals surface area contributed by atoms with Gasteiger partial charge in [0, 0.05) is 30.0 Å². The van der Waals surface area contributed by atoms with E-state index in [9.17, 15) is 18.7 Å². The molecule has 2 atom stereocenters. The number of carbonyl (C=O) groups excluding carboxylic acids is 1. The summed E-state index contributed by atoms with van der Waals surface area (Å²) in [5.41, 5.74) is 1.47. The Morgan fingerprint density at radius 2 is 2.04 bits per heavy atom. The predicted molar refractivity (Wildman–Crippen MR) is 100 cm³/mol. The second-order valence-corrected chi connectivity index (χ2v) is 7.99. The van der Waals surface area contributed by atoms with Crippen molar-refractivity contribution < 1.29 is 23.4 Å². The molecule has 148 valence electrons. The van der Waals surface area contributed by atoms with Gasteiger partial charge in [-0.3, -0.25) is 4.79 Å². The van der Waals surface area contributed by atoms with Crippen LogP contribution in [0.1, 0.15) is 49.0 Å². The SMILES string of the molecule is CC1(C)C(c2ccc(F)c(F)c2)CCN1C(=O)C(O)c1cccc2c1OCC2. The maximum absolute atomic E-state index is 13.7. The number of amides is 1. The number of ether oxygens (including phenoxy) is 1.